The molecule has 0 heterocycles. The third kappa shape index (κ3) is 5.57. The largest absolute Gasteiger partial charge is 0.487 e. The maximum Gasteiger partial charge on any atom is 0.320 e. The number of halogens is 1. The van der Waals surface area contributed by atoms with Gasteiger partial charge < -0.3 is 15.2 Å². The molecule has 1 rings (SSSR count). The topological polar surface area (TPSA) is 102 Å². The fourth-order valence-electron chi connectivity index (χ4n) is 1.72. The van der Waals surface area contributed by atoms with Crippen molar-refractivity contribution < 1.29 is 19.6 Å². The monoisotopic (exact) mass is 316 g/mol. The van der Waals surface area contributed by atoms with Gasteiger partial charge in [-0.2, -0.15) is 0 Å². The summed E-state index contributed by atoms with van der Waals surface area (Å²) < 4.78 is 5.31. The number of hydrogen-bond acceptors (Lipinski definition) is 5. The molecule has 0 aliphatic rings. The van der Waals surface area contributed by atoms with Crippen molar-refractivity contribution in [2.75, 3.05) is 6.61 Å². The van der Waals surface area contributed by atoms with E-state index < -0.39 is 16.9 Å². The molecule has 0 aliphatic heterocycles. The SMILES string of the molecule is CC(C)NC(CCOc1cc(Cl)ccc1[N+](=O)[O-])C(=O)O. The number of carboxylic acids is 1. The number of nitro benzene ring substituents is 1. The first-order chi connectivity index (χ1) is 9.81. The van der Waals surface area contributed by atoms with Crippen LogP contribution in [0.5, 0.6) is 5.75 Å². The summed E-state index contributed by atoms with van der Waals surface area (Å²) in [5.41, 5.74) is -0.205. The fraction of sp³-hybridized carbons (Fsp3) is 0.462. The molecule has 116 valence electrons. The van der Waals surface area contributed by atoms with E-state index in [9.17, 15) is 14.9 Å². The number of aliphatic carboxylic acids is 1. The Labute approximate surface area is 127 Å². The number of benzene rings is 1. The number of nitrogens with one attached hydrogen (secondary N) is 1. The van der Waals surface area contributed by atoms with Crippen LogP contribution in [0.4, 0.5) is 5.69 Å². The van der Waals surface area contributed by atoms with Gasteiger partial charge in [-0.15, -0.1) is 0 Å². The van der Waals surface area contributed by atoms with Crippen molar-refractivity contribution >= 4 is 23.3 Å². The van der Waals surface area contributed by atoms with Crippen LogP contribution < -0.4 is 10.1 Å². The van der Waals surface area contributed by atoms with Gasteiger partial charge in [-0.1, -0.05) is 25.4 Å². The van der Waals surface area contributed by atoms with E-state index in [2.05, 4.69) is 5.32 Å². The summed E-state index contributed by atoms with van der Waals surface area (Å²) in [5, 5.41) is 23.1. The lowest BCUT2D eigenvalue weighted by molar-refractivity contribution is -0.385. The van der Waals surface area contributed by atoms with Crippen LogP contribution in [0.1, 0.15) is 20.3 Å². The van der Waals surface area contributed by atoms with E-state index in [4.69, 9.17) is 21.4 Å². The van der Waals surface area contributed by atoms with E-state index in [1.54, 1.807) is 0 Å². The minimum absolute atomic E-state index is 0.00612. The van der Waals surface area contributed by atoms with Crippen LogP contribution in [-0.4, -0.2) is 34.7 Å². The summed E-state index contributed by atoms with van der Waals surface area (Å²) in [6, 6.07) is 3.21. The number of ether oxygens (including phenoxy) is 1. The van der Waals surface area contributed by atoms with Crippen LogP contribution in [0.15, 0.2) is 18.2 Å². The lowest BCUT2D eigenvalue weighted by atomic mass is 10.2. The average Bonchev–Trinajstić information content (AvgIpc) is 2.36. The maximum absolute atomic E-state index is 11.1. The molecule has 0 fully saturated rings. The highest BCUT2D eigenvalue weighted by Crippen LogP contribution is 2.30. The van der Waals surface area contributed by atoms with Gasteiger partial charge in [-0.05, 0) is 6.07 Å². The Hall–Kier alpha value is -1.86. The van der Waals surface area contributed by atoms with E-state index >= 15 is 0 Å². The summed E-state index contributed by atoms with van der Waals surface area (Å²) in [6.07, 6.45) is 0.178. The molecule has 21 heavy (non-hydrogen) atoms. The lowest BCUT2D eigenvalue weighted by Crippen LogP contribution is -2.41. The van der Waals surface area contributed by atoms with E-state index in [-0.39, 0.29) is 30.5 Å². The Morgan fingerprint density at radius 2 is 2.19 bits per heavy atom. The number of hydrogen-bond donors (Lipinski definition) is 2. The van der Waals surface area contributed by atoms with Gasteiger partial charge in [0.1, 0.15) is 6.04 Å². The molecule has 1 aromatic rings. The highest BCUT2D eigenvalue weighted by Gasteiger charge is 2.20. The van der Waals surface area contributed by atoms with Crippen LogP contribution in [0.25, 0.3) is 0 Å². The second-order valence-electron chi connectivity index (χ2n) is 4.72. The summed E-state index contributed by atoms with van der Waals surface area (Å²) >= 11 is 5.77. The Morgan fingerprint density at radius 3 is 2.71 bits per heavy atom. The third-order valence-corrected chi connectivity index (χ3v) is 2.85. The molecule has 1 aromatic carbocycles. The second-order valence-corrected chi connectivity index (χ2v) is 5.15. The summed E-state index contributed by atoms with van der Waals surface area (Å²) in [4.78, 5) is 21.3. The molecule has 1 atom stereocenters. The number of carbonyl (C=O) groups is 1. The van der Waals surface area contributed by atoms with Crippen molar-refractivity contribution in [3.63, 3.8) is 0 Å². The van der Waals surface area contributed by atoms with Crippen molar-refractivity contribution in [3.05, 3.63) is 33.3 Å². The molecule has 0 saturated carbocycles. The molecule has 0 radical (unpaired) electrons. The van der Waals surface area contributed by atoms with Gasteiger partial charge in [0.05, 0.1) is 11.5 Å². The quantitative estimate of drug-likeness (QED) is 0.564. The first kappa shape index (κ1) is 17.2. The van der Waals surface area contributed by atoms with E-state index in [0.717, 1.165) is 0 Å². The van der Waals surface area contributed by atoms with E-state index in [1.807, 2.05) is 13.8 Å². The standard InChI is InChI=1S/C13H17ClN2O5/c1-8(2)15-10(13(17)18)5-6-21-12-7-9(14)3-4-11(12)16(19)20/h3-4,7-8,10,15H,5-6H2,1-2H3,(H,17,18). The lowest BCUT2D eigenvalue weighted by Gasteiger charge is -2.17. The zero-order valence-corrected chi connectivity index (χ0v) is 12.5. The Kier molecular flexibility index (Phi) is 6.39. The molecule has 2 N–H and O–H groups in total. The smallest absolute Gasteiger partial charge is 0.320 e. The van der Waals surface area contributed by atoms with Crippen molar-refractivity contribution in [3.8, 4) is 5.75 Å². The number of nitrogens with zero attached hydrogens (tertiary/aromatic N) is 1. The second kappa shape index (κ2) is 7.80. The van der Waals surface area contributed by atoms with Crippen molar-refractivity contribution in [2.45, 2.75) is 32.4 Å². The third-order valence-electron chi connectivity index (χ3n) is 2.62. The van der Waals surface area contributed by atoms with Crippen molar-refractivity contribution in [2.24, 2.45) is 0 Å². The number of carboxylic acid groups (broad SMARTS) is 1. The molecule has 7 nitrogen and oxygen atoms in total. The summed E-state index contributed by atoms with van der Waals surface area (Å²) in [5.74, 6) is -0.964. The van der Waals surface area contributed by atoms with Gasteiger partial charge in [-0.3, -0.25) is 14.9 Å². The zero-order valence-electron chi connectivity index (χ0n) is 11.7. The number of rotatable bonds is 8. The molecule has 0 spiro atoms. The Bertz CT molecular complexity index is 521. The van der Waals surface area contributed by atoms with Gasteiger partial charge in [0.15, 0.2) is 5.75 Å². The first-order valence-corrected chi connectivity index (χ1v) is 6.74. The highest BCUT2D eigenvalue weighted by molar-refractivity contribution is 6.30. The maximum atomic E-state index is 11.1. The van der Waals surface area contributed by atoms with Crippen LogP contribution in [-0.2, 0) is 4.79 Å². The highest BCUT2D eigenvalue weighted by atomic mass is 35.5. The molecular formula is C13H17ClN2O5. The van der Waals surface area contributed by atoms with Crippen LogP contribution in [0.3, 0.4) is 0 Å². The summed E-state index contributed by atoms with van der Waals surface area (Å²) in [6.45, 7) is 3.69. The molecule has 0 saturated heterocycles. The molecule has 0 bridgehead atoms. The van der Waals surface area contributed by atoms with E-state index in [1.165, 1.54) is 18.2 Å². The van der Waals surface area contributed by atoms with Crippen LogP contribution in [0.2, 0.25) is 5.02 Å². The zero-order chi connectivity index (χ0) is 16.0. The predicted molar refractivity (Wildman–Crippen MR) is 77.9 cm³/mol. The van der Waals surface area contributed by atoms with Crippen molar-refractivity contribution in [1.29, 1.82) is 0 Å². The Morgan fingerprint density at radius 1 is 1.52 bits per heavy atom. The van der Waals surface area contributed by atoms with Crippen molar-refractivity contribution in [1.82, 2.24) is 5.32 Å². The molecule has 0 amide bonds. The molecule has 0 aromatic heterocycles. The van der Waals surface area contributed by atoms with Gasteiger partial charge in [0.25, 0.3) is 0 Å². The molecule has 8 heteroatoms. The predicted octanol–water partition coefficient (Wildman–Crippen LogP) is 2.47. The molecule has 0 aliphatic carbocycles. The van der Waals surface area contributed by atoms with E-state index in [0.29, 0.717) is 5.02 Å². The van der Waals surface area contributed by atoms with Crippen LogP contribution >= 0.6 is 11.6 Å². The van der Waals surface area contributed by atoms with Gasteiger partial charge in [0, 0.05) is 29.6 Å². The van der Waals surface area contributed by atoms with Gasteiger partial charge in [0.2, 0.25) is 0 Å². The Balaban J connectivity index is 2.68. The summed E-state index contributed by atoms with van der Waals surface area (Å²) in [7, 11) is 0. The minimum Gasteiger partial charge on any atom is -0.487 e. The number of nitro groups is 1. The molecule has 1 unspecified atom stereocenters. The molecular weight excluding hydrogens is 300 g/mol. The fourth-order valence-corrected chi connectivity index (χ4v) is 1.88. The van der Waals surface area contributed by atoms with Gasteiger partial charge >= 0.3 is 11.7 Å². The minimum atomic E-state index is -0.993. The first-order valence-electron chi connectivity index (χ1n) is 6.37. The van der Waals surface area contributed by atoms with Gasteiger partial charge in [-0.25, -0.2) is 0 Å². The average molecular weight is 317 g/mol. The van der Waals surface area contributed by atoms with Crippen LogP contribution in [0, 0.1) is 10.1 Å². The normalized spacial score (nSPS) is 12.2.